The van der Waals surface area contributed by atoms with Crippen molar-refractivity contribution in [3.8, 4) is 0 Å². The molecule has 2 aliphatic rings. The molecule has 0 radical (unpaired) electrons. The van der Waals surface area contributed by atoms with Gasteiger partial charge in [0.05, 0.1) is 0 Å². The van der Waals surface area contributed by atoms with Gasteiger partial charge >= 0.3 is 0 Å². The van der Waals surface area contributed by atoms with Crippen molar-refractivity contribution in [1.29, 1.82) is 0 Å². The highest BCUT2D eigenvalue weighted by molar-refractivity contribution is 5.81. The van der Waals surface area contributed by atoms with Gasteiger partial charge in [-0.1, -0.05) is 0 Å². The van der Waals surface area contributed by atoms with E-state index in [1.807, 2.05) is 11.0 Å². The van der Waals surface area contributed by atoms with E-state index >= 15 is 0 Å². The van der Waals surface area contributed by atoms with E-state index in [1.165, 1.54) is 0 Å². The Kier molecular flexibility index (Phi) is 3.33. The van der Waals surface area contributed by atoms with Crippen LogP contribution in [0.4, 0.5) is 5.82 Å². The van der Waals surface area contributed by atoms with Gasteiger partial charge < -0.3 is 14.9 Å². The summed E-state index contributed by atoms with van der Waals surface area (Å²) in [6.45, 7) is 2.95. The molecular formula is C13H18N4O2. The molecule has 1 saturated carbocycles. The summed E-state index contributed by atoms with van der Waals surface area (Å²) in [5.41, 5.74) is 0. The van der Waals surface area contributed by atoms with E-state index in [1.54, 1.807) is 6.20 Å². The number of aliphatic hydroxyl groups excluding tert-OH is 1. The van der Waals surface area contributed by atoms with Gasteiger partial charge in [0.2, 0.25) is 5.91 Å². The first-order valence-electron chi connectivity index (χ1n) is 6.74. The SMILES string of the molecule is O=C(C1CC1)N1CCN(c2ccnc(CO)n2)CC1. The lowest BCUT2D eigenvalue weighted by molar-refractivity contribution is -0.132. The smallest absolute Gasteiger partial charge is 0.225 e. The van der Waals surface area contributed by atoms with E-state index in [9.17, 15) is 4.79 Å². The van der Waals surface area contributed by atoms with Crippen molar-refractivity contribution in [2.75, 3.05) is 31.1 Å². The van der Waals surface area contributed by atoms with Crippen LogP contribution in [0.5, 0.6) is 0 Å². The van der Waals surface area contributed by atoms with Gasteiger partial charge in [0.25, 0.3) is 0 Å². The number of piperazine rings is 1. The summed E-state index contributed by atoms with van der Waals surface area (Å²) in [7, 11) is 0. The molecule has 1 aliphatic heterocycles. The van der Waals surface area contributed by atoms with Crippen molar-refractivity contribution in [1.82, 2.24) is 14.9 Å². The predicted molar refractivity (Wildman–Crippen MR) is 69.5 cm³/mol. The zero-order chi connectivity index (χ0) is 13.2. The van der Waals surface area contributed by atoms with Crippen molar-refractivity contribution < 1.29 is 9.90 Å². The summed E-state index contributed by atoms with van der Waals surface area (Å²) >= 11 is 0. The summed E-state index contributed by atoms with van der Waals surface area (Å²) in [6.07, 6.45) is 3.78. The Morgan fingerprint density at radius 3 is 2.68 bits per heavy atom. The molecule has 1 aromatic rings. The lowest BCUT2D eigenvalue weighted by atomic mass is 10.2. The highest BCUT2D eigenvalue weighted by Gasteiger charge is 2.34. The number of aliphatic hydroxyl groups is 1. The van der Waals surface area contributed by atoms with Gasteiger partial charge in [-0.25, -0.2) is 9.97 Å². The Balaban J connectivity index is 1.61. The third kappa shape index (κ3) is 2.68. The van der Waals surface area contributed by atoms with Crippen LogP contribution in [0.25, 0.3) is 0 Å². The van der Waals surface area contributed by atoms with E-state index in [-0.39, 0.29) is 6.61 Å². The topological polar surface area (TPSA) is 69.6 Å². The maximum absolute atomic E-state index is 12.0. The molecule has 6 heteroatoms. The summed E-state index contributed by atoms with van der Waals surface area (Å²) < 4.78 is 0. The minimum absolute atomic E-state index is 0.145. The molecule has 0 unspecified atom stereocenters. The molecule has 3 rings (SSSR count). The maximum Gasteiger partial charge on any atom is 0.225 e. The van der Waals surface area contributed by atoms with Gasteiger partial charge in [-0.3, -0.25) is 4.79 Å². The Morgan fingerprint density at radius 1 is 1.32 bits per heavy atom. The second kappa shape index (κ2) is 5.13. The van der Waals surface area contributed by atoms with Crippen LogP contribution < -0.4 is 4.90 Å². The normalized spacial score (nSPS) is 19.6. The number of anilines is 1. The molecule has 2 fully saturated rings. The van der Waals surface area contributed by atoms with Crippen molar-refractivity contribution >= 4 is 11.7 Å². The van der Waals surface area contributed by atoms with Gasteiger partial charge in [0.15, 0.2) is 5.82 Å². The number of hydrogen-bond donors (Lipinski definition) is 1. The summed E-state index contributed by atoms with van der Waals surface area (Å²) in [5, 5.41) is 9.05. The average Bonchev–Trinajstić information content (AvgIpc) is 3.31. The lowest BCUT2D eigenvalue weighted by Gasteiger charge is -2.35. The van der Waals surface area contributed by atoms with E-state index < -0.39 is 0 Å². The first kappa shape index (κ1) is 12.3. The molecular weight excluding hydrogens is 244 g/mol. The number of carbonyl (C=O) groups excluding carboxylic acids is 1. The van der Waals surface area contributed by atoms with Gasteiger partial charge in [-0.15, -0.1) is 0 Å². The molecule has 102 valence electrons. The van der Waals surface area contributed by atoms with Crippen LogP contribution in [-0.4, -0.2) is 52.1 Å². The summed E-state index contributed by atoms with van der Waals surface area (Å²) in [5.74, 6) is 1.89. The molecule has 1 amide bonds. The van der Waals surface area contributed by atoms with Crippen LogP contribution in [0.3, 0.4) is 0 Å². The quantitative estimate of drug-likeness (QED) is 0.832. The molecule has 1 aliphatic carbocycles. The molecule has 6 nitrogen and oxygen atoms in total. The fraction of sp³-hybridized carbons (Fsp3) is 0.615. The van der Waals surface area contributed by atoms with E-state index in [4.69, 9.17) is 5.11 Å². The number of rotatable bonds is 3. The molecule has 0 aromatic carbocycles. The second-order valence-corrected chi connectivity index (χ2v) is 5.08. The number of amides is 1. The van der Waals surface area contributed by atoms with Crippen LogP contribution in [0.1, 0.15) is 18.7 Å². The Hall–Kier alpha value is -1.69. The number of aromatic nitrogens is 2. The number of carbonyl (C=O) groups is 1. The van der Waals surface area contributed by atoms with Crippen molar-refractivity contribution in [2.45, 2.75) is 19.4 Å². The molecule has 1 saturated heterocycles. The number of hydrogen-bond acceptors (Lipinski definition) is 5. The maximum atomic E-state index is 12.0. The molecule has 0 spiro atoms. The highest BCUT2D eigenvalue weighted by Crippen LogP contribution is 2.31. The highest BCUT2D eigenvalue weighted by atomic mass is 16.3. The summed E-state index contributed by atoms with van der Waals surface area (Å²) in [6, 6.07) is 1.84. The molecule has 2 heterocycles. The van der Waals surface area contributed by atoms with E-state index in [0.29, 0.717) is 17.6 Å². The van der Waals surface area contributed by atoms with Gasteiger partial charge in [-0.05, 0) is 18.9 Å². The van der Waals surface area contributed by atoms with E-state index in [0.717, 1.165) is 44.8 Å². The zero-order valence-electron chi connectivity index (χ0n) is 10.8. The standard InChI is InChI=1S/C13H18N4O2/c18-9-11-14-4-3-12(15-11)16-5-7-17(8-6-16)13(19)10-1-2-10/h3-4,10,18H,1-2,5-9H2. The zero-order valence-corrected chi connectivity index (χ0v) is 10.8. The van der Waals surface area contributed by atoms with Gasteiger partial charge in [0, 0.05) is 38.3 Å². The van der Waals surface area contributed by atoms with Gasteiger partial charge in [0.1, 0.15) is 12.4 Å². The minimum Gasteiger partial charge on any atom is -0.388 e. The van der Waals surface area contributed by atoms with Gasteiger partial charge in [-0.2, -0.15) is 0 Å². The van der Waals surface area contributed by atoms with Crippen LogP contribution in [0, 0.1) is 5.92 Å². The predicted octanol–water partition coefficient (Wildman–Crippen LogP) is 0.0275. The monoisotopic (exact) mass is 262 g/mol. The van der Waals surface area contributed by atoms with E-state index in [2.05, 4.69) is 14.9 Å². The Bertz CT molecular complexity index is 467. The molecule has 1 aromatic heterocycles. The van der Waals surface area contributed by atoms with Crippen LogP contribution in [0.15, 0.2) is 12.3 Å². The summed E-state index contributed by atoms with van der Waals surface area (Å²) in [4.78, 5) is 24.3. The first-order valence-corrected chi connectivity index (χ1v) is 6.74. The van der Waals surface area contributed by atoms with Crippen molar-refractivity contribution in [3.05, 3.63) is 18.1 Å². The molecule has 19 heavy (non-hydrogen) atoms. The van der Waals surface area contributed by atoms with Crippen LogP contribution in [-0.2, 0) is 11.4 Å². The second-order valence-electron chi connectivity index (χ2n) is 5.08. The van der Waals surface area contributed by atoms with Crippen molar-refractivity contribution in [2.24, 2.45) is 5.92 Å². The molecule has 0 atom stereocenters. The number of nitrogens with zero attached hydrogens (tertiary/aromatic N) is 4. The minimum atomic E-state index is -0.145. The van der Waals surface area contributed by atoms with Crippen LogP contribution in [0.2, 0.25) is 0 Å². The van der Waals surface area contributed by atoms with Crippen LogP contribution >= 0.6 is 0 Å². The fourth-order valence-electron chi connectivity index (χ4n) is 2.39. The Morgan fingerprint density at radius 2 is 2.05 bits per heavy atom. The Labute approximate surface area is 112 Å². The van der Waals surface area contributed by atoms with Crippen molar-refractivity contribution in [3.63, 3.8) is 0 Å². The average molecular weight is 262 g/mol. The third-order valence-electron chi connectivity index (χ3n) is 3.67. The molecule has 0 bridgehead atoms. The first-order chi connectivity index (χ1) is 9.28. The third-order valence-corrected chi connectivity index (χ3v) is 3.67. The fourth-order valence-corrected chi connectivity index (χ4v) is 2.39. The molecule has 1 N–H and O–H groups in total. The largest absolute Gasteiger partial charge is 0.388 e. The lowest BCUT2D eigenvalue weighted by Crippen LogP contribution is -2.49.